The normalized spacial score (nSPS) is 10.9. The Bertz CT molecular complexity index is 837. The predicted molar refractivity (Wildman–Crippen MR) is 99.9 cm³/mol. The molecule has 1 N–H and O–H groups in total. The van der Waals surface area contributed by atoms with Crippen LogP contribution in [0, 0.1) is 10.1 Å². The molecule has 2 rings (SSSR count). The van der Waals surface area contributed by atoms with Gasteiger partial charge in [0, 0.05) is 11.6 Å². The summed E-state index contributed by atoms with van der Waals surface area (Å²) >= 11 is 5.74. The van der Waals surface area contributed by atoms with Crippen molar-refractivity contribution in [2.24, 2.45) is 5.10 Å². The van der Waals surface area contributed by atoms with Gasteiger partial charge in [-0.25, -0.2) is 5.43 Å². The fraction of sp³-hybridized carbons (Fsp3) is 0.222. The number of amides is 1. The van der Waals surface area contributed by atoms with Crippen LogP contribution in [0.2, 0.25) is 5.02 Å². The molecule has 0 aliphatic rings. The number of halogens is 1. The van der Waals surface area contributed by atoms with Crippen LogP contribution in [-0.4, -0.2) is 23.7 Å². The molecule has 2 aromatic carbocycles. The van der Waals surface area contributed by atoms with E-state index in [0.29, 0.717) is 11.3 Å². The highest BCUT2D eigenvalue weighted by molar-refractivity contribution is 6.32. The number of benzene rings is 2. The highest BCUT2D eigenvalue weighted by atomic mass is 35.5. The predicted octanol–water partition coefficient (Wildman–Crippen LogP) is 3.90. The molecule has 0 aliphatic carbocycles. The molecular weight excluding hydrogens is 358 g/mol. The van der Waals surface area contributed by atoms with Crippen molar-refractivity contribution < 1.29 is 14.5 Å². The maximum absolute atomic E-state index is 11.8. The average molecular weight is 376 g/mol. The molecule has 7 nitrogen and oxygen atoms in total. The lowest BCUT2D eigenvalue weighted by Crippen LogP contribution is -2.24. The number of hydrogen-bond acceptors (Lipinski definition) is 5. The van der Waals surface area contributed by atoms with Gasteiger partial charge in [0.1, 0.15) is 10.8 Å². The van der Waals surface area contributed by atoms with Gasteiger partial charge in [0.15, 0.2) is 6.61 Å². The first-order valence-electron chi connectivity index (χ1n) is 7.86. The van der Waals surface area contributed by atoms with E-state index in [-0.39, 0.29) is 23.2 Å². The third-order valence-electron chi connectivity index (χ3n) is 3.47. The number of nitro benzene ring substituents is 1. The summed E-state index contributed by atoms with van der Waals surface area (Å²) in [5.74, 6) is 0.478. The SMILES string of the molecule is CC(C)c1ccccc1OCC(=O)N/N=C/c1ccc(Cl)c([N+](=O)[O-])c1. The molecule has 1 amide bonds. The van der Waals surface area contributed by atoms with Crippen LogP contribution in [-0.2, 0) is 4.79 Å². The third-order valence-corrected chi connectivity index (χ3v) is 3.79. The molecule has 0 heterocycles. The van der Waals surface area contributed by atoms with Gasteiger partial charge in [0.05, 0.1) is 11.1 Å². The number of hydrazone groups is 1. The lowest BCUT2D eigenvalue weighted by Gasteiger charge is -2.12. The number of nitro groups is 1. The summed E-state index contributed by atoms with van der Waals surface area (Å²) in [5, 5.41) is 14.6. The van der Waals surface area contributed by atoms with Crippen molar-refractivity contribution in [1.29, 1.82) is 0 Å². The first kappa shape index (κ1) is 19.4. The molecule has 136 valence electrons. The second-order valence-electron chi connectivity index (χ2n) is 5.74. The topological polar surface area (TPSA) is 93.8 Å². The van der Waals surface area contributed by atoms with Crippen molar-refractivity contribution in [3.05, 3.63) is 68.7 Å². The largest absolute Gasteiger partial charge is 0.483 e. The van der Waals surface area contributed by atoms with Crippen molar-refractivity contribution in [3.63, 3.8) is 0 Å². The minimum absolute atomic E-state index is 0.0356. The summed E-state index contributed by atoms with van der Waals surface area (Å²) in [6.07, 6.45) is 1.29. The van der Waals surface area contributed by atoms with Crippen molar-refractivity contribution in [1.82, 2.24) is 5.43 Å². The maximum Gasteiger partial charge on any atom is 0.288 e. The average Bonchev–Trinajstić information content (AvgIpc) is 2.61. The molecule has 26 heavy (non-hydrogen) atoms. The summed E-state index contributed by atoms with van der Waals surface area (Å²) < 4.78 is 5.54. The summed E-state index contributed by atoms with van der Waals surface area (Å²) in [7, 11) is 0. The zero-order valence-electron chi connectivity index (χ0n) is 14.3. The molecular formula is C18H18ClN3O4. The number of para-hydroxylation sites is 1. The number of nitrogens with zero attached hydrogens (tertiary/aromatic N) is 2. The molecule has 0 unspecified atom stereocenters. The van der Waals surface area contributed by atoms with Gasteiger partial charge >= 0.3 is 0 Å². The van der Waals surface area contributed by atoms with E-state index < -0.39 is 10.8 Å². The Balaban J connectivity index is 1.92. The Kier molecular flexibility index (Phi) is 6.68. The molecule has 0 fully saturated rings. The zero-order chi connectivity index (χ0) is 19.1. The summed E-state index contributed by atoms with van der Waals surface area (Å²) in [4.78, 5) is 22.1. The van der Waals surface area contributed by atoms with Crippen molar-refractivity contribution in [2.75, 3.05) is 6.61 Å². The van der Waals surface area contributed by atoms with Gasteiger partial charge < -0.3 is 4.74 Å². The van der Waals surface area contributed by atoms with Crippen molar-refractivity contribution >= 4 is 29.4 Å². The number of rotatable bonds is 7. The Labute approximate surface area is 155 Å². The van der Waals surface area contributed by atoms with Gasteiger partial charge in [-0.15, -0.1) is 0 Å². The smallest absolute Gasteiger partial charge is 0.288 e. The second kappa shape index (κ2) is 8.96. The van der Waals surface area contributed by atoms with Gasteiger partial charge in [-0.3, -0.25) is 14.9 Å². The van der Waals surface area contributed by atoms with E-state index in [9.17, 15) is 14.9 Å². The monoisotopic (exact) mass is 375 g/mol. The summed E-state index contributed by atoms with van der Waals surface area (Å²) in [6.45, 7) is 3.89. The van der Waals surface area contributed by atoms with E-state index in [1.165, 1.54) is 18.3 Å². The molecule has 0 atom stereocenters. The summed E-state index contributed by atoms with van der Waals surface area (Å²) in [6, 6.07) is 11.7. The van der Waals surface area contributed by atoms with Crippen LogP contribution >= 0.6 is 11.6 Å². The Morgan fingerprint density at radius 1 is 1.35 bits per heavy atom. The van der Waals surface area contributed by atoms with E-state index in [1.54, 1.807) is 12.1 Å². The highest BCUT2D eigenvalue weighted by Gasteiger charge is 2.12. The Hall–Kier alpha value is -2.93. The van der Waals surface area contributed by atoms with Crippen LogP contribution < -0.4 is 10.2 Å². The molecule has 0 saturated heterocycles. The molecule has 0 bridgehead atoms. The van der Waals surface area contributed by atoms with Gasteiger partial charge in [-0.05, 0) is 23.6 Å². The fourth-order valence-electron chi connectivity index (χ4n) is 2.19. The molecule has 0 spiro atoms. The van der Waals surface area contributed by atoms with E-state index >= 15 is 0 Å². The van der Waals surface area contributed by atoms with Crippen LogP contribution in [0.4, 0.5) is 5.69 Å². The molecule has 0 aliphatic heterocycles. The number of hydrogen-bond donors (Lipinski definition) is 1. The Morgan fingerprint density at radius 2 is 2.08 bits per heavy atom. The lowest BCUT2D eigenvalue weighted by molar-refractivity contribution is -0.384. The highest BCUT2D eigenvalue weighted by Crippen LogP contribution is 2.26. The van der Waals surface area contributed by atoms with Gasteiger partial charge in [0.25, 0.3) is 11.6 Å². The minimum Gasteiger partial charge on any atom is -0.483 e. The van der Waals surface area contributed by atoms with Crippen LogP contribution in [0.1, 0.15) is 30.9 Å². The molecule has 8 heteroatoms. The molecule has 0 saturated carbocycles. The second-order valence-corrected chi connectivity index (χ2v) is 6.15. The van der Waals surface area contributed by atoms with Crippen molar-refractivity contribution in [3.8, 4) is 5.75 Å². The van der Waals surface area contributed by atoms with Crippen LogP contribution in [0.15, 0.2) is 47.6 Å². The number of carbonyl (C=O) groups excluding carboxylic acids is 1. The number of nitrogens with one attached hydrogen (secondary N) is 1. The maximum atomic E-state index is 11.8. The number of carbonyl (C=O) groups is 1. The standard InChI is InChI=1S/C18H18ClN3O4/c1-12(2)14-5-3-4-6-17(14)26-11-18(23)21-20-10-13-7-8-15(19)16(9-13)22(24)25/h3-10,12H,11H2,1-2H3,(H,21,23)/b20-10+. The Morgan fingerprint density at radius 3 is 2.77 bits per heavy atom. The van der Waals surface area contributed by atoms with E-state index in [0.717, 1.165) is 5.56 Å². The van der Waals surface area contributed by atoms with Crippen molar-refractivity contribution in [2.45, 2.75) is 19.8 Å². The van der Waals surface area contributed by atoms with Crippen LogP contribution in [0.25, 0.3) is 0 Å². The third kappa shape index (κ3) is 5.29. The molecule has 0 aromatic heterocycles. The minimum atomic E-state index is -0.585. The fourth-order valence-corrected chi connectivity index (χ4v) is 2.38. The van der Waals surface area contributed by atoms with E-state index in [1.807, 2.05) is 32.0 Å². The number of ether oxygens (including phenoxy) is 1. The first-order valence-corrected chi connectivity index (χ1v) is 8.24. The van der Waals surface area contributed by atoms with Gasteiger partial charge in [0.2, 0.25) is 0 Å². The van der Waals surface area contributed by atoms with E-state index in [2.05, 4.69) is 10.5 Å². The molecule has 0 radical (unpaired) electrons. The zero-order valence-corrected chi connectivity index (χ0v) is 15.1. The molecule has 2 aromatic rings. The quantitative estimate of drug-likeness (QED) is 0.451. The summed E-state index contributed by atoms with van der Waals surface area (Å²) in [5.41, 5.74) is 3.54. The van der Waals surface area contributed by atoms with Crippen LogP contribution in [0.3, 0.4) is 0 Å². The van der Waals surface area contributed by atoms with Gasteiger partial charge in [-0.1, -0.05) is 49.7 Å². The first-order chi connectivity index (χ1) is 12.4. The van der Waals surface area contributed by atoms with E-state index in [4.69, 9.17) is 16.3 Å². The van der Waals surface area contributed by atoms with Gasteiger partial charge in [-0.2, -0.15) is 5.10 Å². The lowest BCUT2D eigenvalue weighted by atomic mass is 10.0. The van der Waals surface area contributed by atoms with Crippen LogP contribution in [0.5, 0.6) is 5.75 Å².